The lowest BCUT2D eigenvalue weighted by Gasteiger charge is -2.34. The molecule has 0 aliphatic rings. The van der Waals surface area contributed by atoms with E-state index in [-0.39, 0.29) is 18.6 Å². The van der Waals surface area contributed by atoms with Crippen LogP contribution in [0.2, 0.25) is 5.02 Å². The van der Waals surface area contributed by atoms with Crippen LogP contribution in [0, 0.1) is 0 Å². The molecule has 1 heterocycles. The number of aliphatic hydroxyl groups is 1. The molecule has 0 atom stereocenters. The molecule has 18 heavy (non-hydrogen) atoms. The molecule has 1 amide bonds. The number of amides is 1. The van der Waals surface area contributed by atoms with Gasteiger partial charge in [-0.05, 0) is 33.8 Å². The van der Waals surface area contributed by atoms with Crippen molar-refractivity contribution in [1.82, 2.24) is 9.47 Å². The normalized spacial score (nSPS) is 12.0. The number of aliphatic hydroxyl groups excluding tert-OH is 1. The van der Waals surface area contributed by atoms with Crippen LogP contribution >= 0.6 is 11.6 Å². The van der Waals surface area contributed by atoms with Crippen molar-refractivity contribution in [2.24, 2.45) is 0 Å². The molecule has 4 nitrogen and oxygen atoms in total. The Morgan fingerprint density at radius 2 is 2.11 bits per heavy atom. The Morgan fingerprint density at radius 1 is 1.56 bits per heavy atom. The molecule has 0 aliphatic heterocycles. The van der Waals surface area contributed by atoms with Crippen LogP contribution in [0.5, 0.6) is 0 Å². The van der Waals surface area contributed by atoms with Gasteiger partial charge in [0.05, 0.1) is 17.2 Å². The van der Waals surface area contributed by atoms with E-state index in [2.05, 4.69) is 0 Å². The predicted octanol–water partition coefficient (Wildman–Crippen LogP) is 2.57. The van der Waals surface area contributed by atoms with Gasteiger partial charge in [-0.25, -0.2) is 0 Å². The van der Waals surface area contributed by atoms with Crippen molar-refractivity contribution in [3.63, 3.8) is 0 Å². The number of hydrogen-bond donors (Lipinski definition) is 1. The lowest BCUT2D eigenvalue weighted by molar-refractivity contribution is 0.0462. The van der Waals surface area contributed by atoms with E-state index in [0.29, 0.717) is 10.7 Å². The van der Waals surface area contributed by atoms with Crippen LogP contribution in [0.25, 0.3) is 0 Å². The van der Waals surface area contributed by atoms with Gasteiger partial charge in [0.15, 0.2) is 0 Å². The standard InChI is InChI=1S/C13H21ClN2O2/c1-9(2)16-7-10(14)6-11(16)12(18)15(5)13(3,4)8-17/h6-7,9,17H,8H2,1-5H3. The van der Waals surface area contributed by atoms with Gasteiger partial charge >= 0.3 is 0 Å². The highest BCUT2D eigenvalue weighted by Crippen LogP contribution is 2.22. The van der Waals surface area contributed by atoms with Gasteiger partial charge in [0.2, 0.25) is 0 Å². The second-order valence-electron chi connectivity index (χ2n) is 5.38. The van der Waals surface area contributed by atoms with Gasteiger partial charge in [-0.2, -0.15) is 0 Å². The fourth-order valence-electron chi connectivity index (χ4n) is 1.60. The van der Waals surface area contributed by atoms with Crippen LogP contribution in [-0.4, -0.2) is 39.7 Å². The second kappa shape index (κ2) is 5.33. The SMILES string of the molecule is CC(C)n1cc(Cl)cc1C(=O)N(C)C(C)(C)CO. The molecule has 1 rings (SSSR count). The van der Waals surface area contributed by atoms with Gasteiger partial charge in [-0.3, -0.25) is 4.79 Å². The zero-order valence-corrected chi connectivity index (χ0v) is 12.3. The largest absolute Gasteiger partial charge is 0.394 e. The molecule has 0 bridgehead atoms. The lowest BCUT2D eigenvalue weighted by atomic mass is 10.0. The summed E-state index contributed by atoms with van der Waals surface area (Å²) in [6.07, 6.45) is 1.75. The Kier molecular flexibility index (Phi) is 4.46. The first-order valence-corrected chi connectivity index (χ1v) is 6.35. The van der Waals surface area contributed by atoms with Crippen LogP contribution in [0.1, 0.15) is 44.2 Å². The highest BCUT2D eigenvalue weighted by molar-refractivity contribution is 6.31. The van der Waals surface area contributed by atoms with E-state index in [1.807, 2.05) is 32.3 Å². The molecule has 1 aromatic heterocycles. The number of carbonyl (C=O) groups is 1. The topological polar surface area (TPSA) is 45.5 Å². The maximum atomic E-state index is 12.4. The van der Waals surface area contributed by atoms with E-state index in [9.17, 15) is 9.90 Å². The van der Waals surface area contributed by atoms with E-state index < -0.39 is 5.54 Å². The molecule has 1 N–H and O–H groups in total. The summed E-state index contributed by atoms with van der Waals surface area (Å²) >= 11 is 5.97. The molecule has 0 aromatic carbocycles. The number of nitrogens with zero attached hydrogens (tertiary/aromatic N) is 2. The highest BCUT2D eigenvalue weighted by Gasteiger charge is 2.29. The first kappa shape index (κ1) is 15.1. The number of hydrogen-bond acceptors (Lipinski definition) is 2. The minimum absolute atomic E-state index is 0.0919. The summed E-state index contributed by atoms with van der Waals surface area (Å²) in [7, 11) is 1.68. The molecule has 102 valence electrons. The van der Waals surface area contributed by atoms with Crippen LogP contribution in [0.3, 0.4) is 0 Å². The lowest BCUT2D eigenvalue weighted by Crippen LogP contribution is -2.48. The molecule has 5 heteroatoms. The summed E-state index contributed by atoms with van der Waals surface area (Å²) in [5.41, 5.74) is -0.0608. The Bertz CT molecular complexity index is 438. The maximum Gasteiger partial charge on any atom is 0.270 e. The van der Waals surface area contributed by atoms with Crippen LogP contribution in [-0.2, 0) is 0 Å². The number of likely N-dealkylation sites (N-methyl/N-ethyl adjacent to an activating group) is 1. The molecule has 0 unspecified atom stereocenters. The zero-order valence-electron chi connectivity index (χ0n) is 11.6. The fraction of sp³-hybridized carbons (Fsp3) is 0.615. The number of halogens is 1. The van der Waals surface area contributed by atoms with Gasteiger partial charge in [0, 0.05) is 19.3 Å². The summed E-state index contributed by atoms with van der Waals surface area (Å²) in [5, 5.41) is 9.86. The van der Waals surface area contributed by atoms with E-state index in [4.69, 9.17) is 11.6 Å². The zero-order chi connectivity index (χ0) is 14.1. The van der Waals surface area contributed by atoms with Gasteiger partial charge in [-0.1, -0.05) is 11.6 Å². The summed E-state index contributed by atoms with van der Waals surface area (Å²) in [5.74, 6) is -0.144. The number of carbonyl (C=O) groups excluding carboxylic acids is 1. The third-order valence-electron chi connectivity index (χ3n) is 3.19. The van der Waals surface area contributed by atoms with Gasteiger partial charge < -0.3 is 14.6 Å². The smallest absolute Gasteiger partial charge is 0.270 e. The number of rotatable bonds is 4. The van der Waals surface area contributed by atoms with E-state index >= 15 is 0 Å². The minimum atomic E-state index is -0.602. The maximum absolute atomic E-state index is 12.4. The molecule has 0 radical (unpaired) electrons. The van der Waals surface area contributed by atoms with Gasteiger partial charge in [0.1, 0.15) is 5.69 Å². The van der Waals surface area contributed by atoms with Crippen molar-refractivity contribution in [1.29, 1.82) is 0 Å². The average Bonchev–Trinajstić information content (AvgIpc) is 2.69. The molecule has 0 saturated heterocycles. The average molecular weight is 273 g/mol. The van der Waals surface area contributed by atoms with Crippen molar-refractivity contribution in [3.05, 3.63) is 23.0 Å². The van der Waals surface area contributed by atoms with Crippen molar-refractivity contribution >= 4 is 17.5 Å². The third-order valence-corrected chi connectivity index (χ3v) is 3.40. The van der Waals surface area contributed by atoms with E-state index in [1.54, 1.807) is 19.3 Å². The fourth-order valence-corrected chi connectivity index (χ4v) is 1.81. The third kappa shape index (κ3) is 2.87. The van der Waals surface area contributed by atoms with Crippen molar-refractivity contribution < 1.29 is 9.90 Å². The molecule has 1 aromatic rings. The van der Waals surface area contributed by atoms with Crippen molar-refractivity contribution in [2.45, 2.75) is 39.3 Å². The Hall–Kier alpha value is -1.00. The molecule has 0 fully saturated rings. The predicted molar refractivity (Wildman–Crippen MR) is 73.1 cm³/mol. The number of aromatic nitrogens is 1. The summed E-state index contributed by atoms with van der Waals surface area (Å²) in [6.45, 7) is 7.52. The van der Waals surface area contributed by atoms with Gasteiger partial charge in [0.25, 0.3) is 5.91 Å². The van der Waals surface area contributed by atoms with Crippen LogP contribution in [0.15, 0.2) is 12.3 Å². The Labute approximate surface area is 113 Å². The molecule has 0 aliphatic carbocycles. The first-order valence-electron chi connectivity index (χ1n) is 5.97. The van der Waals surface area contributed by atoms with Crippen LogP contribution in [0.4, 0.5) is 0 Å². The van der Waals surface area contributed by atoms with Gasteiger partial charge in [-0.15, -0.1) is 0 Å². The Balaban J connectivity index is 3.11. The molecule has 0 spiro atoms. The molecule has 0 saturated carbocycles. The molecular weight excluding hydrogens is 252 g/mol. The monoisotopic (exact) mass is 272 g/mol. The Morgan fingerprint density at radius 3 is 2.56 bits per heavy atom. The highest BCUT2D eigenvalue weighted by atomic mass is 35.5. The summed E-state index contributed by atoms with van der Waals surface area (Å²) in [6, 6.07) is 1.82. The summed E-state index contributed by atoms with van der Waals surface area (Å²) in [4.78, 5) is 14.0. The summed E-state index contributed by atoms with van der Waals surface area (Å²) < 4.78 is 1.84. The first-order chi connectivity index (χ1) is 8.20. The quantitative estimate of drug-likeness (QED) is 0.916. The van der Waals surface area contributed by atoms with E-state index in [1.165, 1.54) is 4.90 Å². The second-order valence-corrected chi connectivity index (χ2v) is 5.82. The van der Waals surface area contributed by atoms with E-state index in [0.717, 1.165) is 0 Å². The minimum Gasteiger partial charge on any atom is -0.394 e. The van der Waals surface area contributed by atoms with Crippen molar-refractivity contribution in [2.75, 3.05) is 13.7 Å². The molecular formula is C13H21ClN2O2. The van der Waals surface area contributed by atoms with Crippen molar-refractivity contribution in [3.8, 4) is 0 Å². The van der Waals surface area contributed by atoms with Crippen LogP contribution < -0.4 is 0 Å².